The van der Waals surface area contributed by atoms with Crippen LogP contribution in [0.5, 0.6) is 5.75 Å². The number of nitrogens with zero attached hydrogens (tertiary/aromatic N) is 4. The van der Waals surface area contributed by atoms with Gasteiger partial charge in [0.15, 0.2) is 5.58 Å². The van der Waals surface area contributed by atoms with Crippen LogP contribution in [-0.2, 0) is 19.4 Å². The molecule has 1 fully saturated rings. The van der Waals surface area contributed by atoms with Crippen molar-refractivity contribution in [2.75, 3.05) is 26.2 Å². The lowest BCUT2D eigenvalue weighted by molar-refractivity contribution is 0.211. The van der Waals surface area contributed by atoms with Crippen LogP contribution in [0.1, 0.15) is 61.3 Å². The molecule has 224 valence electrons. The second-order valence-corrected chi connectivity index (χ2v) is 11.3. The lowest BCUT2D eigenvalue weighted by Crippen LogP contribution is -2.37. The van der Waals surface area contributed by atoms with Crippen LogP contribution in [0.2, 0.25) is 0 Å². The zero-order chi connectivity index (χ0) is 29.5. The van der Waals surface area contributed by atoms with Crippen molar-refractivity contribution in [2.45, 2.75) is 70.9 Å². The second kappa shape index (κ2) is 14.0. The monoisotopic (exact) mass is 576 g/mol. The number of halogens is 1. The molecule has 1 atom stereocenters. The first-order valence-corrected chi connectivity index (χ1v) is 14.9. The number of para-hydroxylation sites is 1. The second-order valence-electron chi connectivity index (χ2n) is 11.3. The van der Waals surface area contributed by atoms with Crippen molar-refractivity contribution >= 4 is 11.0 Å². The fourth-order valence-electron chi connectivity index (χ4n) is 5.73. The van der Waals surface area contributed by atoms with Crippen molar-refractivity contribution in [3.63, 3.8) is 0 Å². The van der Waals surface area contributed by atoms with Crippen LogP contribution in [0, 0.1) is 12.7 Å². The smallest absolute Gasteiger partial charge is 0.256 e. The summed E-state index contributed by atoms with van der Waals surface area (Å²) in [5.41, 5.74) is 5.99. The molecule has 1 unspecified atom stereocenters. The van der Waals surface area contributed by atoms with Gasteiger partial charge in [-0.15, -0.1) is 0 Å². The summed E-state index contributed by atoms with van der Waals surface area (Å²) in [6.07, 6.45) is 5.81. The van der Waals surface area contributed by atoms with Gasteiger partial charge in [-0.25, -0.2) is 9.37 Å². The van der Waals surface area contributed by atoms with E-state index in [0.29, 0.717) is 18.1 Å². The van der Waals surface area contributed by atoms with E-state index in [9.17, 15) is 9.18 Å². The largest absolute Gasteiger partial charge is 0.492 e. The van der Waals surface area contributed by atoms with Crippen molar-refractivity contribution in [3.05, 3.63) is 87.5 Å². The van der Waals surface area contributed by atoms with E-state index in [4.69, 9.17) is 20.1 Å². The van der Waals surface area contributed by atoms with E-state index < -0.39 is 0 Å². The molecule has 10 heteroatoms. The van der Waals surface area contributed by atoms with Crippen molar-refractivity contribution in [1.29, 1.82) is 0 Å². The Morgan fingerprint density at radius 3 is 2.69 bits per heavy atom. The van der Waals surface area contributed by atoms with Gasteiger partial charge < -0.3 is 14.2 Å². The van der Waals surface area contributed by atoms with E-state index >= 15 is 0 Å². The number of nitrogens with one attached hydrogen (secondary N) is 1. The molecule has 0 saturated carbocycles. The van der Waals surface area contributed by atoms with E-state index in [0.717, 1.165) is 98.6 Å². The molecule has 0 bridgehead atoms. The third-order valence-corrected chi connectivity index (χ3v) is 8.22. The fraction of sp³-hybridized carbons (Fsp3) is 0.469. The third-order valence-electron chi connectivity index (χ3n) is 8.22. The van der Waals surface area contributed by atoms with Gasteiger partial charge >= 0.3 is 0 Å². The topological polar surface area (TPSA) is 111 Å². The zero-order valence-corrected chi connectivity index (χ0v) is 24.5. The normalized spacial score (nSPS) is 16.5. The van der Waals surface area contributed by atoms with Crippen LogP contribution in [0.4, 0.5) is 4.39 Å². The molecule has 0 spiro atoms. The Morgan fingerprint density at radius 1 is 1.14 bits per heavy atom. The van der Waals surface area contributed by atoms with Gasteiger partial charge in [0.1, 0.15) is 24.0 Å². The first-order valence-electron chi connectivity index (χ1n) is 14.9. The number of nitrogens with two attached hydrogens (primary N) is 1. The number of hydrogen-bond acceptors (Lipinski definition) is 8. The van der Waals surface area contributed by atoms with Crippen LogP contribution >= 0.6 is 0 Å². The Hall–Kier alpha value is -3.60. The summed E-state index contributed by atoms with van der Waals surface area (Å²) in [4.78, 5) is 20.1. The number of piperidine rings is 1. The number of likely N-dealkylation sites (tertiary alicyclic amines) is 1. The van der Waals surface area contributed by atoms with Crippen molar-refractivity contribution in [3.8, 4) is 5.75 Å². The van der Waals surface area contributed by atoms with Gasteiger partial charge in [-0.05, 0) is 83.3 Å². The number of hydrogen-bond donors (Lipinski definition) is 2. The Balaban J connectivity index is 0.000000248. The van der Waals surface area contributed by atoms with E-state index in [-0.39, 0.29) is 17.4 Å². The minimum atomic E-state index is -0.303. The highest BCUT2D eigenvalue weighted by Crippen LogP contribution is 2.32. The summed E-state index contributed by atoms with van der Waals surface area (Å²) in [7, 11) is 0. The maximum absolute atomic E-state index is 13.4. The molecule has 2 aliphatic heterocycles. The van der Waals surface area contributed by atoms with Crippen LogP contribution in [0.25, 0.3) is 11.0 Å². The average molecular weight is 577 g/mol. The van der Waals surface area contributed by atoms with Crippen LogP contribution in [0.3, 0.4) is 0 Å². The van der Waals surface area contributed by atoms with Gasteiger partial charge in [-0.1, -0.05) is 23.4 Å². The molecule has 2 aliphatic rings. The van der Waals surface area contributed by atoms with Gasteiger partial charge in [-0.2, -0.15) is 0 Å². The van der Waals surface area contributed by atoms with Gasteiger partial charge in [0.05, 0.1) is 11.7 Å². The Morgan fingerprint density at radius 2 is 1.93 bits per heavy atom. The number of fused-ring (bicyclic) bond motifs is 2. The molecule has 9 nitrogen and oxygen atoms in total. The molecule has 4 heterocycles. The average Bonchev–Trinajstić information content (AvgIpc) is 3.44. The molecule has 6 rings (SSSR count). The lowest BCUT2D eigenvalue weighted by atomic mass is 9.91. The van der Waals surface area contributed by atoms with Crippen molar-refractivity contribution in [1.82, 2.24) is 25.0 Å². The van der Waals surface area contributed by atoms with E-state index in [1.54, 1.807) is 6.07 Å². The van der Waals surface area contributed by atoms with Crippen LogP contribution in [-0.4, -0.2) is 51.9 Å². The molecule has 0 radical (unpaired) electrons. The quantitative estimate of drug-likeness (QED) is 0.233. The van der Waals surface area contributed by atoms with Gasteiger partial charge in [0.25, 0.3) is 5.56 Å². The highest BCUT2D eigenvalue weighted by atomic mass is 19.1. The maximum atomic E-state index is 13.4. The third kappa shape index (κ3) is 7.24. The number of benzene rings is 2. The number of rotatable bonds is 8. The molecular formula is C32H41FN6O3. The summed E-state index contributed by atoms with van der Waals surface area (Å²) in [5, 5.41) is 5.15. The number of aryl methyl sites for hydroxylation is 2. The first kappa shape index (κ1) is 29.9. The van der Waals surface area contributed by atoms with E-state index in [1.807, 2.05) is 48.7 Å². The summed E-state index contributed by atoms with van der Waals surface area (Å²) in [5.74, 6) is 7.05. The first-order chi connectivity index (χ1) is 20.4. The Bertz CT molecular complexity index is 1510. The number of hydrazine groups is 1. The fourth-order valence-corrected chi connectivity index (χ4v) is 5.73. The molecule has 4 aromatic rings. The zero-order valence-electron chi connectivity index (χ0n) is 24.5. The Labute approximate surface area is 245 Å². The minimum absolute atomic E-state index is 0.161. The highest BCUT2D eigenvalue weighted by Gasteiger charge is 2.26. The minimum Gasteiger partial charge on any atom is -0.492 e. The summed E-state index contributed by atoms with van der Waals surface area (Å²) < 4.78 is 26.0. The molecule has 42 heavy (non-hydrogen) atoms. The lowest BCUT2D eigenvalue weighted by Gasteiger charge is -2.31. The Kier molecular flexibility index (Phi) is 9.99. The van der Waals surface area contributed by atoms with Crippen molar-refractivity contribution < 1.29 is 13.7 Å². The van der Waals surface area contributed by atoms with Gasteiger partial charge in [0, 0.05) is 48.1 Å². The summed E-state index contributed by atoms with van der Waals surface area (Å²) >= 11 is 0. The predicted octanol–water partition coefficient (Wildman–Crippen LogP) is 4.51. The molecule has 2 aromatic carbocycles. The molecule has 0 amide bonds. The molecule has 3 N–H and O–H groups in total. The molecule has 1 saturated heterocycles. The van der Waals surface area contributed by atoms with Gasteiger partial charge in [-0.3, -0.25) is 20.6 Å². The molecular weight excluding hydrogens is 535 g/mol. The summed E-state index contributed by atoms with van der Waals surface area (Å²) in [6.45, 7) is 8.10. The summed E-state index contributed by atoms with van der Waals surface area (Å²) in [6, 6.07) is 14.5. The standard InChI is InChI=1S/C23H27FN4O2.C9H14N2O/c1-15-18(23(29)28-10-3-2-4-21(28)25-15)9-13-27-11-7-16(8-12-27)22-19-6-5-17(24)14-20(19)30-26-22;1-8(11-10)7-12-9-5-3-2-4-6-9/h5-6,14,16H,2-4,7-13H2,1H3;2-6,8,11H,7,10H2,1H3. The predicted molar refractivity (Wildman–Crippen MR) is 161 cm³/mol. The van der Waals surface area contributed by atoms with Crippen LogP contribution < -0.4 is 21.6 Å². The van der Waals surface area contributed by atoms with Crippen LogP contribution in [0.15, 0.2) is 57.8 Å². The van der Waals surface area contributed by atoms with E-state index in [1.165, 1.54) is 12.1 Å². The molecule has 2 aromatic heterocycles. The van der Waals surface area contributed by atoms with Crippen molar-refractivity contribution in [2.24, 2.45) is 5.84 Å². The number of ether oxygens (including phenoxy) is 1. The number of aromatic nitrogens is 3. The molecule has 0 aliphatic carbocycles. The highest BCUT2D eigenvalue weighted by molar-refractivity contribution is 5.79. The maximum Gasteiger partial charge on any atom is 0.256 e. The van der Waals surface area contributed by atoms with Gasteiger partial charge in [0.2, 0.25) is 0 Å². The SMILES string of the molecule is CC(COc1ccccc1)NN.Cc1nc2n(c(=O)c1CCN1CCC(c3noc4cc(F)ccc34)CC1)CCCC2. The van der Waals surface area contributed by atoms with E-state index in [2.05, 4.69) is 15.5 Å².